The summed E-state index contributed by atoms with van der Waals surface area (Å²) in [5.74, 6) is 0.671. The third-order valence-electron chi connectivity index (χ3n) is 3.58. The maximum Gasteiger partial charge on any atom is 0.251 e. The molecule has 2 N–H and O–H groups in total. The van der Waals surface area contributed by atoms with Crippen molar-refractivity contribution in [3.63, 3.8) is 0 Å². The fourth-order valence-electron chi connectivity index (χ4n) is 2.24. The number of amides is 1. The lowest BCUT2D eigenvalue weighted by Gasteiger charge is -2.09. The highest BCUT2D eigenvalue weighted by atomic mass is 16.5. The number of benzene rings is 2. The van der Waals surface area contributed by atoms with Crippen LogP contribution in [-0.2, 0) is 13.0 Å². The van der Waals surface area contributed by atoms with Gasteiger partial charge in [0.25, 0.3) is 5.91 Å². The van der Waals surface area contributed by atoms with Crippen LogP contribution in [0.25, 0.3) is 0 Å². The molecule has 0 aliphatic heterocycles. The number of ether oxygens (including phenoxy) is 1. The van der Waals surface area contributed by atoms with Gasteiger partial charge in [0.15, 0.2) is 0 Å². The molecule has 4 heteroatoms. The summed E-state index contributed by atoms with van der Waals surface area (Å²) in [5.41, 5.74) is 3.58. The van der Waals surface area contributed by atoms with Gasteiger partial charge in [0, 0.05) is 12.1 Å². The van der Waals surface area contributed by atoms with Crippen LogP contribution in [0.5, 0.6) is 5.75 Å². The molecule has 4 nitrogen and oxygen atoms in total. The molecule has 22 heavy (non-hydrogen) atoms. The Morgan fingerprint density at radius 1 is 1.14 bits per heavy atom. The molecule has 2 aromatic rings. The van der Waals surface area contributed by atoms with Crippen LogP contribution < -0.4 is 10.1 Å². The highest BCUT2D eigenvalue weighted by Gasteiger charge is 2.09. The van der Waals surface area contributed by atoms with Gasteiger partial charge in [-0.2, -0.15) is 0 Å². The average Bonchev–Trinajstić information content (AvgIpc) is 2.55. The van der Waals surface area contributed by atoms with Crippen LogP contribution in [0.1, 0.15) is 27.0 Å². The van der Waals surface area contributed by atoms with Crippen LogP contribution in [-0.4, -0.2) is 24.7 Å². The average molecular weight is 299 g/mol. The van der Waals surface area contributed by atoms with Crippen LogP contribution >= 0.6 is 0 Å². The third kappa shape index (κ3) is 4.09. The Kier molecular flexibility index (Phi) is 5.55. The van der Waals surface area contributed by atoms with E-state index in [0.29, 0.717) is 12.1 Å². The van der Waals surface area contributed by atoms with Crippen molar-refractivity contribution in [3.05, 3.63) is 64.7 Å². The Labute approximate surface area is 130 Å². The summed E-state index contributed by atoms with van der Waals surface area (Å²) in [6.45, 7) is 2.52. The molecule has 0 saturated heterocycles. The molecule has 2 aromatic carbocycles. The van der Waals surface area contributed by atoms with Crippen molar-refractivity contribution in [2.45, 2.75) is 20.0 Å². The number of aryl methyl sites for hydroxylation is 1. The van der Waals surface area contributed by atoms with Gasteiger partial charge in [-0.15, -0.1) is 0 Å². The number of hydrogen-bond acceptors (Lipinski definition) is 3. The van der Waals surface area contributed by atoms with E-state index < -0.39 is 0 Å². The third-order valence-corrected chi connectivity index (χ3v) is 3.58. The lowest BCUT2D eigenvalue weighted by molar-refractivity contribution is 0.0953. The summed E-state index contributed by atoms with van der Waals surface area (Å²) in [4.78, 5) is 12.2. The standard InChI is InChI=1S/C18H21NO3/c1-13-11-16(22-2)7-8-17(13)18(21)19-10-9-14-3-5-15(12-20)6-4-14/h3-8,11,20H,9-10,12H2,1-2H3,(H,19,21). The molecule has 0 aromatic heterocycles. The van der Waals surface area contributed by atoms with Crippen molar-refractivity contribution in [2.75, 3.05) is 13.7 Å². The van der Waals surface area contributed by atoms with Crippen LogP contribution in [0.4, 0.5) is 0 Å². The fraction of sp³-hybridized carbons (Fsp3) is 0.278. The summed E-state index contributed by atoms with van der Waals surface area (Å²) >= 11 is 0. The molecule has 0 radical (unpaired) electrons. The predicted octanol–water partition coefficient (Wildman–Crippen LogP) is 2.47. The van der Waals surface area contributed by atoms with E-state index in [9.17, 15) is 4.79 Å². The van der Waals surface area contributed by atoms with Crippen LogP contribution in [0.3, 0.4) is 0 Å². The molecular formula is C18H21NO3. The van der Waals surface area contributed by atoms with Crippen LogP contribution in [0.15, 0.2) is 42.5 Å². The number of aliphatic hydroxyl groups excluding tert-OH is 1. The van der Waals surface area contributed by atoms with Gasteiger partial charge in [0.1, 0.15) is 5.75 Å². The molecule has 0 fully saturated rings. The summed E-state index contributed by atoms with van der Waals surface area (Å²) < 4.78 is 5.14. The maximum absolute atomic E-state index is 12.2. The van der Waals surface area contributed by atoms with Crippen LogP contribution in [0, 0.1) is 6.92 Å². The molecule has 2 rings (SSSR count). The van der Waals surface area contributed by atoms with Gasteiger partial charge in [-0.25, -0.2) is 0 Å². The SMILES string of the molecule is COc1ccc(C(=O)NCCc2ccc(CO)cc2)c(C)c1. The number of carbonyl (C=O) groups excluding carboxylic acids is 1. The van der Waals surface area contributed by atoms with Crippen molar-refractivity contribution in [2.24, 2.45) is 0 Å². The topological polar surface area (TPSA) is 58.6 Å². The number of aliphatic hydroxyl groups is 1. The highest BCUT2D eigenvalue weighted by Crippen LogP contribution is 2.16. The number of rotatable bonds is 6. The van der Waals surface area contributed by atoms with E-state index in [1.165, 1.54) is 0 Å². The number of carbonyl (C=O) groups is 1. The van der Waals surface area contributed by atoms with E-state index in [1.807, 2.05) is 37.3 Å². The van der Waals surface area contributed by atoms with Gasteiger partial charge in [-0.05, 0) is 48.2 Å². The molecule has 0 aliphatic carbocycles. The highest BCUT2D eigenvalue weighted by molar-refractivity contribution is 5.95. The van der Waals surface area contributed by atoms with Crippen molar-refractivity contribution in [1.29, 1.82) is 0 Å². The zero-order chi connectivity index (χ0) is 15.9. The van der Waals surface area contributed by atoms with E-state index in [4.69, 9.17) is 9.84 Å². The monoisotopic (exact) mass is 299 g/mol. The van der Waals surface area contributed by atoms with Crippen molar-refractivity contribution in [3.8, 4) is 5.75 Å². The molecule has 116 valence electrons. The minimum atomic E-state index is -0.0767. The first kappa shape index (κ1) is 16.0. The first-order valence-electron chi connectivity index (χ1n) is 7.25. The Hall–Kier alpha value is -2.33. The second kappa shape index (κ2) is 7.61. The van der Waals surface area contributed by atoms with Crippen molar-refractivity contribution >= 4 is 5.91 Å². The molecule has 1 amide bonds. The molecule has 0 heterocycles. The van der Waals surface area contributed by atoms with Crippen LogP contribution in [0.2, 0.25) is 0 Å². The Balaban J connectivity index is 1.89. The zero-order valence-electron chi connectivity index (χ0n) is 12.9. The van der Waals surface area contributed by atoms with Gasteiger partial charge in [0.2, 0.25) is 0 Å². The molecule has 0 bridgehead atoms. The second-order valence-electron chi connectivity index (χ2n) is 5.16. The van der Waals surface area contributed by atoms with E-state index in [1.54, 1.807) is 19.2 Å². The van der Waals surface area contributed by atoms with Gasteiger partial charge < -0.3 is 15.2 Å². The Morgan fingerprint density at radius 2 is 1.82 bits per heavy atom. The molecule has 0 saturated carbocycles. The Morgan fingerprint density at radius 3 is 2.41 bits per heavy atom. The van der Waals surface area contributed by atoms with E-state index in [2.05, 4.69) is 5.32 Å². The fourth-order valence-corrected chi connectivity index (χ4v) is 2.24. The largest absolute Gasteiger partial charge is 0.497 e. The number of nitrogens with one attached hydrogen (secondary N) is 1. The van der Waals surface area contributed by atoms with Gasteiger partial charge in [-0.1, -0.05) is 24.3 Å². The van der Waals surface area contributed by atoms with Gasteiger partial charge >= 0.3 is 0 Å². The summed E-state index contributed by atoms with van der Waals surface area (Å²) in [6, 6.07) is 13.1. The quantitative estimate of drug-likeness (QED) is 0.861. The number of methoxy groups -OCH3 is 1. The molecule has 0 unspecified atom stereocenters. The molecule has 0 spiro atoms. The first-order valence-corrected chi connectivity index (χ1v) is 7.25. The normalized spacial score (nSPS) is 10.3. The van der Waals surface area contributed by atoms with Gasteiger partial charge in [0.05, 0.1) is 13.7 Å². The lowest BCUT2D eigenvalue weighted by atomic mass is 10.1. The summed E-state index contributed by atoms with van der Waals surface area (Å²) in [7, 11) is 1.61. The minimum Gasteiger partial charge on any atom is -0.497 e. The molecule has 0 atom stereocenters. The number of hydrogen-bond donors (Lipinski definition) is 2. The van der Waals surface area contributed by atoms with Crippen molar-refractivity contribution in [1.82, 2.24) is 5.32 Å². The second-order valence-corrected chi connectivity index (χ2v) is 5.16. The first-order chi connectivity index (χ1) is 10.6. The van der Waals surface area contributed by atoms with Gasteiger partial charge in [-0.3, -0.25) is 4.79 Å². The lowest BCUT2D eigenvalue weighted by Crippen LogP contribution is -2.26. The summed E-state index contributed by atoms with van der Waals surface area (Å²) in [5, 5.41) is 11.9. The Bertz CT molecular complexity index is 635. The van der Waals surface area contributed by atoms with E-state index in [0.717, 1.165) is 28.9 Å². The summed E-state index contributed by atoms with van der Waals surface area (Å²) in [6.07, 6.45) is 0.757. The zero-order valence-corrected chi connectivity index (χ0v) is 12.9. The molecular weight excluding hydrogens is 278 g/mol. The predicted molar refractivity (Wildman–Crippen MR) is 86.1 cm³/mol. The van der Waals surface area contributed by atoms with Crippen molar-refractivity contribution < 1.29 is 14.6 Å². The maximum atomic E-state index is 12.2. The van der Waals surface area contributed by atoms with E-state index in [-0.39, 0.29) is 12.5 Å². The smallest absolute Gasteiger partial charge is 0.251 e. The molecule has 0 aliphatic rings. The minimum absolute atomic E-state index is 0.0494. The van der Waals surface area contributed by atoms with E-state index >= 15 is 0 Å².